The smallest absolute Gasteiger partial charge is 0.265 e. The van der Waals surface area contributed by atoms with Crippen LogP contribution in [-0.4, -0.2) is 17.0 Å². The fourth-order valence-electron chi connectivity index (χ4n) is 2.33. The van der Waals surface area contributed by atoms with Crippen LogP contribution in [0.2, 0.25) is 0 Å². The van der Waals surface area contributed by atoms with Crippen LogP contribution in [0.1, 0.15) is 31.4 Å². The van der Waals surface area contributed by atoms with E-state index in [1.54, 1.807) is 0 Å². The second kappa shape index (κ2) is 9.61. The molecular formula is C17H24IN3O. The lowest BCUT2D eigenvalue weighted by Crippen LogP contribution is -3.00. The Hall–Kier alpha value is -1.37. The third-order valence-corrected chi connectivity index (χ3v) is 3.55. The van der Waals surface area contributed by atoms with Crippen molar-refractivity contribution in [2.24, 2.45) is 7.05 Å². The minimum atomic E-state index is -0.203. The third-order valence-electron chi connectivity index (χ3n) is 3.55. The molecule has 2 aromatic rings. The second-order valence-corrected chi connectivity index (χ2v) is 5.38. The van der Waals surface area contributed by atoms with Gasteiger partial charge < -0.3 is 29.3 Å². The molecule has 1 N–H and O–H groups in total. The maximum atomic E-state index is 12.5. The lowest BCUT2D eigenvalue weighted by atomic mass is 10.1. The van der Waals surface area contributed by atoms with Crippen molar-refractivity contribution in [1.29, 1.82) is 0 Å². The number of aryl methyl sites for hydroxylation is 1. The van der Waals surface area contributed by atoms with Gasteiger partial charge in [0, 0.05) is 13.0 Å². The number of nitrogens with zero attached hydrogens (tertiary/aromatic N) is 2. The van der Waals surface area contributed by atoms with E-state index in [-0.39, 0.29) is 35.9 Å². The van der Waals surface area contributed by atoms with E-state index in [1.165, 1.54) is 5.56 Å². The summed E-state index contributed by atoms with van der Waals surface area (Å²) in [7, 11) is 1.96. The monoisotopic (exact) mass is 413 g/mol. The number of nitrogens with one attached hydrogen (secondary N) is 1. The SMILES string of the molecule is CCCCNC(=O)[C@H](Cc1ccccc1)n1cc[n+](C)c1.[I-]. The van der Waals surface area contributed by atoms with Crippen molar-refractivity contribution in [2.45, 2.75) is 32.2 Å². The van der Waals surface area contributed by atoms with Crippen molar-refractivity contribution in [3.8, 4) is 0 Å². The van der Waals surface area contributed by atoms with Crippen LogP contribution in [0.15, 0.2) is 49.1 Å². The highest BCUT2D eigenvalue weighted by Gasteiger charge is 2.25. The quantitative estimate of drug-likeness (QED) is 0.354. The molecule has 22 heavy (non-hydrogen) atoms. The molecule has 120 valence electrons. The summed E-state index contributed by atoms with van der Waals surface area (Å²) in [6.07, 6.45) is 8.66. The number of rotatable bonds is 7. The van der Waals surface area contributed by atoms with Gasteiger partial charge in [-0.2, -0.15) is 0 Å². The Morgan fingerprint density at radius 2 is 2.05 bits per heavy atom. The number of imidazole rings is 1. The number of halogens is 1. The molecule has 0 bridgehead atoms. The molecule has 1 aromatic carbocycles. The Balaban J connectivity index is 0.00000242. The van der Waals surface area contributed by atoms with Gasteiger partial charge in [-0.15, -0.1) is 0 Å². The Morgan fingerprint density at radius 1 is 1.32 bits per heavy atom. The maximum Gasteiger partial charge on any atom is 0.265 e. The number of amides is 1. The van der Waals surface area contributed by atoms with Gasteiger partial charge in [-0.25, -0.2) is 9.13 Å². The second-order valence-electron chi connectivity index (χ2n) is 5.38. The van der Waals surface area contributed by atoms with E-state index < -0.39 is 0 Å². The Kier molecular flexibility index (Phi) is 8.16. The number of carbonyl (C=O) groups is 1. The van der Waals surface area contributed by atoms with Crippen LogP contribution in [0, 0.1) is 0 Å². The Bertz CT molecular complexity index is 568. The van der Waals surface area contributed by atoms with Crippen LogP contribution in [0.3, 0.4) is 0 Å². The van der Waals surface area contributed by atoms with Gasteiger partial charge in [0.1, 0.15) is 12.4 Å². The molecule has 1 heterocycles. The van der Waals surface area contributed by atoms with Gasteiger partial charge in [0.05, 0.1) is 7.05 Å². The molecule has 4 nitrogen and oxygen atoms in total. The molecule has 0 spiro atoms. The molecular weight excluding hydrogens is 389 g/mol. The van der Waals surface area contributed by atoms with Crippen LogP contribution in [0.25, 0.3) is 0 Å². The fourth-order valence-corrected chi connectivity index (χ4v) is 2.33. The van der Waals surface area contributed by atoms with Crippen LogP contribution in [-0.2, 0) is 18.3 Å². The molecule has 1 atom stereocenters. The number of hydrogen-bond acceptors (Lipinski definition) is 1. The van der Waals surface area contributed by atoms with Gasteiger partial charge in [-0.3, -0.25) is 4.79 Å². The lowest BCUT2D eigenvalue weighted by Gasteiger charge is -2.14. The van der Waals surface area contributed by atoms with Crippen LogP contribution in [0.4, 0.5) is 0 Å². The van der Waals surface area contributed by atoms with Crippen LogP contribution < -0.4 is 33.9 Å². The molecule has 0 unspecified atom stereocenters. The highest BCUT2D eigenvalue weighted by Crippen LogP contribution is 2.14. The normalized spacial score (nSPS) is 11.5. The average molecular weight is 413 g/mol. The van der Waals surface area contributed by atoms with E-state index in [4.69, 9.17) is 0 Å². The van der Waals surface area contributed by atoms with E-state index >= 15 is 0 Å². The molecule has 0 saturated heterocycles. The first-order valence-corrected chi connectivity index (χ1v) is 7.55. The number of hydrogen-bond donors (Lipinski definition) is 1. The predicted molar refractivity (Wildman–Crippen MR) is 82.7 cm³/mol. The summed E-state index contributed by atoms with van der Waals surface area (Å²) in [6, 6.07) is 9.94. The number of carbonyl (C=O) groups excluding carboxylic acids is 1. The topological polar surface area (TPSA) is 37.9 Å². The van der Waals surface area contributed by atoms with Crippen LogP contribution >= 0.6 is 0 Å². The molecule has 1 amide bonds. The summed E-state index contributed by atoms with van der Waals surface area (Å²) in [4.78, 5) is 12.5. The summed E-state index contributed by atoms with van der Waals surface area (Å²) in [5, 5.41) is 3.04. The van der Waals surface area contributed by atoms with E-state index in [0.717, 1.165) is 19.4 Å². The summed E-state index contributed by atoms with van der Waals surface area (Å²) >= 11 is 0. The highest BCUT2D eigenvalue weighted by atomic mass is 127. The minimum absolute atomic E-state index is 0. The zero-order valence-corrected chi connectivity index (χ0v) is 15.4. The number of aromatic nitrogens is 2. The molecule has 0 aliphatic carbocycles. The van der Waals surface area contributed by atoms with Crippen molar-refractivity contribution in [2.75, 3.05) is 6.54 Å². The molecule has 0 aliphatic rings. The summed E-state index contributed by atoms with van der Waals surface area (Å²) < 4.78 is 3.94. The lowest BCUT2D eigenvalue weighted by molar-refractivity contribution is -0.671. The zero-order valence-electron chi connectivity index (χ0n) is 13.2. The molecule has 0 fully saturated rings. The van der Waals surface area contributed by atoms with Crippen molar-refractivity contribution < 1.29 is 33.3 Å². The molecule has 0 radical (unpaired) electrons. The van der Waals surface area contributed by atoms with E-state index in [0.29, 0.717) is 6.42 Å². The average Bonchev–Trinajstić information content (AvgIpc) is 2.92. The van der Waals surface area contributed by atoms with Gasteiger partial charge in [-0.1, -0.05) is 43.7 Å². The standard InChI is InChI=1S/C17H23N3O.HI/c1-3-4-10-18-17(21)16(20-12-11-19(2)14-20)13-15-8-6-5-7-9-15;/h5-9,11-12,14,16H,3-4,10,13H2,1-2H3;1H/t16-;/m0./s1. The van der Waals surface area contributed by atoms with Gasteiger partial charge in [0.15, 0.2) is 6.04 Å². The molecule has 1 aromatic heterocycles. The summed E-state index contributed by atoms with van der Waals surface area (Å²) in [5.41, 5.74) is 1.17. The fraction of sp³-hybridized carbons (Fsp3) is 0.412. The van der Waals surface area contributed by atoms with Crippen molar-refractivity contribution in [3.63, 3.8) is 0 Å². The van der Waals surface area contributed by atoms with Gasteiger partial charge in [0.25, 0.3) is 5.91 Å². The number of unbranched alkanes of at least 4 members (excludes halogenated alkanes) is 1. The van der Waals surface area contributed by atoms with Gasteiger partial charge >= 0.3 is 0 Å². The van der Waals surface area contributed by atoms with E-state index in [9.17, 15) is 4.79 Å². The van der Waals surface area contributed by atoms with E-state index in [1.807, 2.05) is 53.1 Å². The van der Waals surface area contributed by atoms with Gasteiger partial charge in [-0.05, 0) is 12.0 Å². The summed E-state index contributed by atoms with van der Waals surface area (Å²) in [5.74, 6) is 0.0866. The van der Waals surface area contributed by atoms with E-state index in [2.05, 4.69) is 24.4 Å². The first-order chi connectivity index (χ1) is 10.2. The largest absolute Gasteiger partial charge is 1.00 e. The van der Waals surface area contributed by atoms with Crippen molar-refractivity contribution in [1.82, 2.24) is 9.88 Å². The van der Waals surface area contributed by atoms with Gasteiger partial charge in [0.2, 0.25) is 6.33 Å². The first-order valence-electron chi connectivity index (χ1n) is 7.55. The van der Waals surface area contributed by atoms with Crippen LogP contribution in [0.5, 0.6) is 0 Å². The molecule has 2 rings (SSSR count). The third kappa shape index (κ3) is 5.44. The zero-order chi connectivity index (χ0) is 15.1. The Morgan fingerprint density at radius 3 is 2.64 bits per heavy atom. The molecule has 5 heteroatoms. The van der Waals surface area contributed by atoms with Crippen molar-refractivity contribution in [3.05, 3.63) is 54.6 Å². The number of benzene rings is 1. The predicted octanol–water partition coefficient (Wildman–Crippen LogP) is -0.983. The first kappa shape index (κ1) is 18.7. The highest BCUT2D eigenvalue weighted by molar-refractivity contribution is 5.80. The maximum absolute atomic E-state index is 12.5. The molecule has 0 aliphatic heterocycles. The molecule has 0 saturated carbocycles. The summed E-state index contributed by atoms with van der Waals surface area (Å²) in [6.45, 7) is 2.87. The van der Waals surface area contributed by atoms with Crippen molar-refractivity contribution >= 4 is 5.91 Å². The minimum Gasteiger partial charge on any atom is -1.00 e. The Labute approximate surface area is 149 Å².